The van der Waals surface area contributed by atoms with Gasteiger partial charge in [-0.15, -0.1) is 0 Å². The van der Waals surface area contributed by atoms with Crippen molar-refractivity contribution in [3.05, 3.63) is 47.2 Å². The van der Waals surface area contributed by atoms with E-state index in [0.717, 1.165) is 30.5 Å². The van der Waals surface area contributed by atoms with Crippen molar-refractivity contribution >= 4 is 5.91 Å². The van der Waals surface area contributed by atoms with Gasteiger partial charge in [-0.2, -0.15) is 10.2 Å². The molecule has 28 heavy (non-hydrogen) atoms. The maximum Gasteiger partial charge on any atom is 0.217 e. The highest BCUT2D eigenvalue weighted by Crippen LogP contribution is 2.48. The minimum absolute atomic E-state index is 0.108. The Morgan fingerprint density at radius 3 is 2.50 bits per heavy atom. The molecule has 3 rings (SSSR count). The Labute approximate surface area is 164 Å². The van der Waals surface area contributed by atoms with Gasteiger partial charge in [-0.1, -0.05) is 19.9 Å². The van der Waals surface area contributed by atoms with E-state index in [9.17, 15) is 13.6 Å². The van der Waals surface area contributed by atoms with Gasteiger partial charge in [0.25, 0.3) is 0 Å². The molecular formula is C22H27F2N3O. The highest BCUT2D eigenvalue weighted by Gasteiger charge is 2.48. The highest BCUT2D eigenvalue weighted by molar-refractivity contribution is 5.74. The van der Waals surface area contributed by atoms with Crippen LogP contribution in [0.25, 0.3) is 11.3 Å². The van der Waals surface area contributed by atoms with Gasteiger partial charge in [-0.05, 0) is 62.8 Å². The molecule has 6 heteroatoms. The molecule has 1 heterocycles. The molecular weight excluding hydrogens is 360 g/mol. The van der Waals surface area contributed by atoms with E-state index >= 15 is 0 Å². The number of benzene rings is 1. The zero-order valence-corrected chi connectivity index (χ0v) is 17.1. The first-order chi connectivity index (χ1) is 13.1. The number of carbonyl (C=O) groups is 1. The molecule has 4 nitrogen and oxygen atoms in total. The molecule has 0 spiro atoms. The van der Waals surface area contributed by atoms with Crippen molar-refractivity contribution in [3.63, 3.8) is 0 Å². The predicted octanol–water partition coefficient (Wildman–Crippen LogP) is 4.88. The number of hydrogen-bond donors (Lipinski definition) is 1. The van der Waals surface area contributed by atoms with Crippen LogP contribution in [-0.4, -0.2) is 21.6 Å². The number of nitrogens with zero attached hydrogens (tertiary/aromatic N) is 2. The van der Waals surface area contributed by atoms with E-state index in [4.69, 9.17) is 0 Å². The van der Waals surface area contributed by atoms with E-state index in [1.54, 1.807) is 6.07 Å². The fourth-order valence-corrected chi connectivity index (χ4v) is 4.36. The van der Waals surface area contributed by atoms with Crippen molar-refractivity contribution in [2.24, 2.45) is 0 Å². The van der Waals surface area contributed by atoms with Gasteiger partial charge in [0.05, 0.1) is 17.0 Å². The second-order valence-corrected chi connectivity index (χ2v) is 8.41. The molecule has 1 amide bonds. The third kappa shape index (κ3) is 3.29. The van der Waals surface area contributed by atoms with Crippen LogP contribution in [0.2, 0.25) is 0 Å². The summed E-state index contributed by atoms with van der Waals surface area (Å²) in [6.07, 6.45) is 2.65. The van der Waals surface area contributed by atoms with Crippen LogP contribution in [0.3, 0.4) is 0 Å². The molecule has 1 aliphatic carbocycles. The van der Waals surface area contributed by atoms with Gasteiger partial charge in [0.1, 0.15) is 11.6 Å². The first-order valence-corrected chi connectivity index (χ1v) is 9.72. The molecule has 2 atom stereocenters. The summed E-state index contributed by atoms with van der Waals surface area (Å²) < 4.78 is 28.6. The molecule has 2 aromatic rings. The lowest BCUT2D eigenvalue weighted by atomic mass is 9.61. The molecule has 0 unspecified atom stereocenters. The molecule has 0 bridgehead atoms. The fraction of sp³-hybridized carbons (Fsp3) is 0.500. The normalized spacial score (nSPS) is 21.9. The summed E-state index contributed by atoms with van der Waals surface area (Å²) in [5, 5.41) is 11.7. The van der Waals surface area contributed by atoms with E-state index in [2.05, 4.69) is 29.4 Å². The van der Waals surface area contributed by atoms with Crippen LogP contribution in [0, 0.1) is 11.6 Å². The summed E-state index contributed by atoms with van der Waals surface area (Å²) in [6, 6.07) is 5.56. The Kier molecular flexibility index (Phi) is 5.26. The topological polar surface area (TPSA) is 54.9 Å². The fourth-order valence-electron chi connectivity index (χ4n) is 4.36. The summed E-state index contributed by atoms with van der Waals surface area (Å²) in [4.78, 5) is 11.8. The van der Waals surface area contributed by atoms with E-state index in [0.29, 0.717) is 0 Å². The summed E-state index contributed by atoms with van der Waals surface area (Å²) in [5.41, 5.74) is 0.813. The minimum atomic E-state index is -0.653. The van der Waals surface area contributed by atoms with Gasteiger partial charge in [-0.3, -0.25) is 4.79 Å². The summed E-state index contributed by atoms with van der Waals surface area (Å²) in [6.45, 7) is 9.64. The van der Waals surface area contributed by atoms with Crippen molar-refractivity contribution < 1.29 is 13.6 Å². The van der Waals surface area contributed by atoms with E-state index in [1.165, 1.54) is 25.1 Å². The first kappa shape index (κ1) is 20.4. The molecule has 0 fully saturated rings. The average Bonchev–Trinajstić information content (AvgIpc) is 2.61. The SMILES string of the molecule is CC[C@H]1CC[C@](C)(C(C)(C)NC(C)=O)c2nnc(-c3c(F)cccc3F)cc21. The minimum Gasteiger partial charge on any atom is -0.351 e. The standard InChI is InChI=1S/C22H27F2N3O/c1-6-14-10-11-22(5,21(3,4)25-13(2)28)20-15(14)12-18(26-27-20)19-16(23)8-7-9-17(19)24/h7-9,12,14H,6,10-11H2,1-5H3,(H,25,28)/t14-,22-/m0/s1. The molecule has 1 N–H and O–H groups in total. The smallest absolute Gasteiger partial charge is 0.217 e. The molecule has 1 aliphatic rings. The zero-order valence-electron chi connectivity index (χ0n) is 17.1. The van der Waals surface area contributed by atoms with Gasteiger partial charge in [-0.25, -0.2) is 8.78 Å². The second-order valence-electron chi connectivity index (χ2n) is 8.41. The van der Waals surface area contributed by atoms with Crippen LogP contribution < -0.4 is 5.32 Å². The molecule has 1 aromatic heterocycles. The second kappa shape index (κ2) is 7.22. The Balaban J connectivity index is 2.17. The number of rotatable bonds is 4. The monoisotopic (exact) mass is 387 g/mol. The van der Waals surface area contributed by atoms with Crippen LogP contribution in [0.15, 0.2) is 24.3 Å². The first-order valence-electron chi connectivity index (χ1n) is 9.72. The molecule has 0 saturated heterocycles. The van der Waals surface area contributed by atoms with Crippen LogP contribution in [0.4, 0.5) is 8.78 Å². The Morgan fingerprint density at radius 1 is 1.29 bits per heavy atom. The van der Waals surface area contributed by atoms with Crippen LogP contribution >= 0.6 is 0 Å². The van der Waals surface area contributed by atoms with Crippen molar-refractivity contribution in [1.82, 2.24) is 15.5 Å². The number of nitrogens with one attached hydrogen (secondary N) is 1. The summed E-state index contributed by atoms with van der Waals surface area (Å²) in [7, 11) is 0. The van der Waals surface area contributed by atoms with Crippen molar-refractivity contribution in [2.75, 3.05) is 0 Å². The number of amides is 1. The maximum absolute atomic E-state index is 14.3. The third-order valence-electron chi connectivity index (χ3n) is 6.36. The van der Waals surface area contributed by atoms with Gasteiger partial charge in [0.15, 0.2) is 0 Å². The maximum atomic E-state index is 14.3. The molecule has 0 radical (unpaired) electrons. The van der Waals surface area contributed by atoms with E-state index in [-0.39, 0.29) is 23.1 Å². The van der Waals surface area contributed by atoms with Gasteiger partial charge in [0, 0.05) is 17.9 Å². The summed E-state index contributed by atoms with van der Waals surface area (Å²) in [5.74, 6) is -1.18. The zero-order chi connectivity index (χ0) is 20.7. The Hall–Kier alpha value is -2.37. The van der Waals surface area contributed by atoms with Gasteiger partial charge < -0.3 is 5.32 Å². The number of halogens is 2. The van der Waals surface area contributed by atoms with Crippen molar-refractivity contribution in [3.8, 4) is 11.3 Å². The van der Waals surface area contributed by atoms with Crippen LogP contribution in [0.5, 0.6) is 0 Å². The van der Waals surface area contributed by atoms with Crippen LogP contribution in [-0.2, 0) is 10.2 Å². The van der Waals surface area contributed by atoms with E-state index in [1.807, 2.05) is 13.8 Å². The Bertz CT molecular complexity index is 892. The van der Waals surface area contributed by atoms with Gasteiger partial charge in [0.2, 0.25) is 5.91 Å². The van der Waals surface area contributed by atoms with Crippen LogP contribution in [0.1, 0.15) is 71.1 Å². The van der Waals surface area contributed by atoms with Crippen molar-refractivity contribution in [2.45, 2.75) is 70.8 Å². The number of carbonyl (C=O) groups excluding carboxylic acids is 1. The quantitative estimate of drug-likeness (QED) is 0.813. The Morgan fingerprint density at radius 2 is 1.93 bits per heavy atom. The molecule has 150 valence electrons. The lowest BCUT2D eigenvalue weighted by Gasteiger charge is -2.48. The average molecular weight is 387 g/mol. The van der Waals surface area contributed by atoms with Gasteiger partial charge >= 0.3 is 0 Å². The lowest BCUT2D eigenvalue weighted by molar-refractivity contribution is -0.121. The van der Waals surface area contributed by atoms with Crippen molar-refractivity contribution in [1.29, 1.82) is 0 Å². The molecule has 1 aromatic carbocycles. The molecule has 0 saturated carbocycles. The van der Waals surface area contributed by atoms with E-state index < -0.39 is 22.6 Å². The number of hydrogen-bond acceptors (Lipinski definition) is 3. The largest absolute Gasteiger partial charge is 0.351 e. The lowest BCUT2D eigenvalue weighted by Crippen LogP contribution is -2.58. The molecule has 0 aliphatic heterocycles. The number of aromatic nitrogens is 2. The number of fused-ring (bicyclic) bond motifs is 1. The highest BCUT2D eigenvalue weighted by atomic mass is 19.1. The third-order valence-corrected chi connectivity index (χ3v) is 6.36. The summed E-state index contributed by atoms with van der Waals surface area (Å²) >= 11 is 0. The predicted molar refractivity (Wildman–Crippen MR) is 105 cm³/mol.